The minimum Gasteiger partial charge on any atom is -0.374 e. The van der Waals surface area contributed by atoms with Gasteiger partial charge >= 0.3 is 0 Å². The molecule has 1 spiro atoms. The van der Waals surface area contributed by atoms with Crippen LogP contribution in [-0.2, 0) is 4.74 Å². The highest BCUT2D eigenvalue weighted by molar-refractivity contribution is 9.10. The second-order valence-corrected chi connectivity index (χ2v) is 8.38. The second kappa shape index (κ2) is 6.61. The molecule has 0 radical (unpaired) electrons. The van der Waals surface area contributed by atoms with Gasteiger partial charge in [0.05, 0.1) is 5.60 Å². The van der Waals surface area contributed by atoms with E-state index in [9.17, 15) is 0 Å². The van der Waals surface area contributed by atoms with E-state index >= 15 is 0 Å². The predicted octanol–water partition coefficient (Wildman–Crippen LogP) is 4.32. The molecule has 3 rings (SSSR count). The van der Waals surface area contributed by atoms with Crippen LogP contribution in [0.2, 0.25) is 0 Å². The molecule has 1 N–H and O–H groups in total. The lowest BCUT2D eigenvalue weighted by Gasteiger charge is -2.41. The van der Waals surface area contributed by atoms with Crippen molar-refractivity contribution < 1.29 is 4.74 Å². The molecule has 1 aromatic carbocycles. The number of nitrogens with one attached hydrogen (secondary N) is 1. The zero-order chi connectivity index (χ0) is 14.9. The molecule has 0 bridgehead atoms. The highest BCUT2D eigenvalue weighted by Gasteiger charge is 2.42. The number of hydrogen-bond acceptors (Lipinski definition) is 3. The molecule has 2 heterocycles. The lowest BCUT2D eigenvalue weighted by Crippen LogP contribution is -2.43. The van der Waals surface area contributed by atoms with Crippen molar-refractivity contribution in [2.24, 2.45) is 5.92 Å². The summed E-state index contributed by atoms with van der Waals surface area (Å²) in [6.07, 6.45) is 3.58. The summed E-state index contributed by atoms with van der Waals surface area (Å²) in [4.78, 5) is 0. The SMILES string of the molecule is CNC(c1ccc(Br)cc1C)C1CCOC2(CCSC2)C1. The maximum absolute atomic E-state index is 6.18. The molecule has 2 nitrogen and oxygen atoms in total. The van der Waals surface area contributed by atoms with E-state index < -0.39 is 0 Å². The third-order valence-corrected chi connectivity index (χ3v) is 6.66. The number of benzene rings is 1. The van der Waals surface area contributed by atoms with Gasteiger partial charge in [0.25, 0.3) is 0 Å². The van der Waals surface area contributed by atoms with Crippen molar-refractivity contribution in [3.63, 3.8) is 0 Å². The van der Waals surface area contributed by atoms with E-state index in [4.69, 9.17) is 4.74 Å². The molecule has 0 aliphatic carbocycles. The van der Waals surface area contributed by atoms with Gasteiger partial charge in [0, 0.05) is 22.9 Å². The first kappa shape index (κ1) is 15.9. The van der Waals surface area contributed by atoms with Crippen LogP contribution >= 0.6 is 27.7 Å². The van der Waals surface area contributed by atoms with Crippen molar-refractivity contribution in [1.82, 2.24) is 5.32 Å². The molecule has 2 aliphatic heterocycles. The first-order chi connectivity index (χ1) is 10.1. The standard InChI is InChI=1S/C17H24BrNOS/c1-12-9-14(18)3-4-15(12)16(19-2)13-5-7-20-17(10-13)6-8-21-11-17/h3-4,9,13,16,19H,5-8,10-11H2,1-2H3. The third-order valence-electron chi connectivity index (χ3n) is 4.95. The van der Waals surface area contributed by atoms with E-state index in [1.165, 1.54) is 35.5 Å². The molecule has 3 unspecified atom stereocenters. The third kappa shape index (κ3) is 3.34. The number of aryl methyl sites for hydroxylation is 1. The summed E-state index contributed by atoms with van der Waals surface area (Å²) in [5.74, 6) is 3.11. The number of thioether (sulfide) groups is 1. The Labute approximate surface area is 140 Å². The van der Waals surface area contributed by atoms with Gasteiger partial charge in [-0.2, -0.15) is 11.8 Å². The molecule has 2 aliphatic rings. The van der Waals surface area contributed by atoms with Crippen LogP contribution < -0.4 is 5.32 Å². The minimum absolute atomic E-state index is 0.159. The van der Waals surface area contributed by atoms with Gasteiger partial charge in [0.2, 0.25) is 0 Å². The highest BCUT2D eigenvalue weighted by atomic mass is 79.9. The van der Waals surface area contributed by atoms with Crippen molar-refractivity contribution >= 4 is 27.7 Å². The van der Waals surface area contributed by atoms with Crippen LogP contribution in [0.4, 0.5) is 0 Å². The van der Waals surface area contributed by atoms with Crippen LogP contribution in [0, 0.1) is 12.8 Å². The Morgan fingerprint density at radius 2 is 2.33 bits per heavy atom. The quantitative estimate of drug-likeness (QED) is 0.856. The van der Waals surface area contributed by atoms with Crippen LogP contribution in [-0.4, -0.2) is 30.8 Å². The van der Waals surface area contributed by atoms with E-state index in [2.05, 4.69) is 65.2 Å². The number of halogens is 1. The molecule has 21 heavy (non-hydrogen) atoms. The Bertz CT molecular complexity index is 502. The van der Waals surface area contributed by atoms with E-state index in [-0.39, 0.29) is 5.60 Å². The fraction of sp³-hybridized carbons (Fsp3) is 0.647. The Morgan fingerprint density at radius 1 is 1.48 bits per heavy atom. The average Bonchev–Trinajstić information content (AvgIpc) is 2.90. The molecule has 4 heteroatoms. The van der Waals surface area contributed by atoms with Crippen LogP contribution in [0.5, 0.6) is 0 Å². The van der Waals surface area contributed by atoms with Crippen molar-refractivity contribution in [1.29, 1.82) is 0 Å². The summed E-state index contributed by atoms with van der Waals surface area (Å²) in [6, 6.07) is 7.09. The topological polar surface area (TPSA) is 21.3 Å². The summed E-state index contributed by atoms with van der Waals surface area (Å²) in [7, 11) is 2.09. The fourth-order valence-electron chi connectivity index (χ4n) is 3.85. The summed E-state index contributed by atoms with van der Waals surface area (Å²) >= 11 is 5.62. The van der Waals surface area contributed by atoms with Crippen LogP contribution in [0.3, 0.4) is 0 Å². The predicted molar refractivity (Wildman–Crippen MR) is 94.0 cm³/mol. The monoisotopic (exact) mass is 369 g/mol. The molecule has 3 atom stereocenters. The van der Waals surface area contributed by atoms with Crippen LogP contribution in [0.25, 0.3) is 0 Å². The summed E-state index contributed by atoms with van der Waals surface area (Å²) in [5, 5.41) is 3.58. The van der Waals surface area contributed by atoms with Gasteiger partial charge in [-0.15, -0.1) is 0 Å². The second-order valence-electron chi connectivity index (χ2n) is 6.35. The van der Waals surface area contributed by atoms with Gasteiger partial charge in [-0.25, -0.2) is 0 Å². The van der Waals surface area contributed by atoms with Gasteiger partial charge in [-0.1, -0.05) is 22.0 Å². The molecule has 2 fully saturated rings. The average molecular weight is 370 g/mol. The smallest absolute Gasteiger partial charge is 0.0783 e. The maximum atomic E-state index is 6.18. The molecule has 0 saturated carbocycles. The first-order valence-electron chi connectivity index (χ1n) is 7.79. The van der Waals surface area contributed by atoms with Crippen LogP contribution in [0.1, 0.15) is 36.4 Å². The van der Waals surface area contributed by atoms with Gasteiger partial charge < -0.3 is 10.1 Å². The summed E-state index contributed by atoms with van der Waals surface area (Å²) in [6.45, 7) is 3.13. The zero-order valence-corrected chi connectivity index (χ0v) is 15.2. The van der Waals surface area contributed by atoms with E-state index in [0.29, 0.717) is 12.0 Å². The van der Waals surface area contributed by atoms with Crippen molar-refractivity contribution in [2.45, 2.75) is 37.8 Å². The lowest BCUT2D eigenvalue weighted by atomic mass is 9.78. The largest absolute Gasteiger partial charge is 0.374 e. The van der Waals surface area contributed by atoms with Gasteiger partial charge in [-0.05, 0) is 68.2 Å². The van der Waals surface area contributed by atoms with Crippen molar-refractivity contribution in [3.8, 4) is 0 Å². The molecule has 116 valence electrons. The normalized spacial score (nSPS) is 30.7. The first-order valence-corrected chi connectivity index (χ1v) is 9.73. The Balaban J connectivity index is 1.82. The molecule has 0 aromatic heterocycles. The number of hydrogen-bond donors (Lipinski definition) is 1. The molecule has 1 aromatic rings. The van der Waals surface area contributed by atoms with E-state index in [1.54, 1.807) is 0 Å². The minimum atomic E-state index is 0.159. The van der Waals surface area contributed by atoms with Crippen LogP contribution in [0.15, 0.2) is 22.7 Å². The Hall–Kier alpha value is -0.0300. The zero-order valence-electron chi connectivity index (χ0n) is 12.8. The Morgan fingerprint density at radius 3 is 3.00 bits per heavy atom. The number of rotatable bonds is 3. The summed E-state index contributed by atoms with van der Waals surface area (Å²) in [5.41, 5.74) is 2.96. The lowest BCUT2D eigenvalue weighted by molar-refractivity contribution is -0.0850. The molecular formula is C17H24BrNOS. The molecule has 0 amide bonds. The van der Waals surface area contributed by atoms with Gasteiger partial charge in [-0.3, -0.25) is 0 Å². The number of ether oxygens (including phenoxy) is 1. The highest BCUT2D eigenvalue weighted by Crippen LogP contribution is 2.44. The maximum Gasteiger partial charge on any atom is 0.0783 e. The van der Waals surface area contributed by atoms with Crippen molar-refractivity contribution in [2.75, 3.05) is 25.2 Å². The van der Waals surface area contributed by atoms with E-state index in [1.807, 2.05) is 0 Å². The van der Waals surface area contributed by atoms with Gasteiger partial charge in [0.1, 0.15) is 0 Å². The molecular weight excluding hydrogens is 346 g/mol. The summed E-state index contributed by atoms with van der Waals surface area (Å²) < 4.78 is 7.34. The van der Waals surface area contributed by atoms with E-state index in [0.717, 1.165) is 17.5 Å². The van der Waals surface area contributed by atoms with Gasteiger partial charge in [0.15, 0.2) is 0 Å². The van der Waals surface area contributed by atoms with Crippen molar-refractivity contribution in [3.05, 3.63) is 33.8 Å². The Kier molecular flexibility index (Phi) is 4.99. The molecule has 2 saturated heterocycles. The fourth-order valence-corrected chi connectivity index (χ4v) is 5.70.